The minimum absolute atomic E-state index is 0.0530. The van der Waals surface area contributed by atoms with Crippen LogP contribution < -0.4 is 4.74 Å². The van der Waals surface area contributed by atoms with E-state index in [2.05, 4.69) is 30.3 Å². The third-order valence-electron chi connectivity index (χ3n) is 6.76. The summed E-state index contributed by atoms with van der Waals surface area (Å²) in [6, 6.07) is 36.2. The van der Waals surface area contributed by atoms with E-state index >= 15 is 0 Å². The highest BCUT2D eigenvalue weighted by Gasteiger charge is 2.24. The quantitative estimate of drug-likeness (QED) is 0.288. The Morgan fingerprint density at radius 3 is 2.36 bits per heavy atom. The standard InChI is InChI=1S/C32H26N2O2/c35-32(34-19-18-24-8-4-5-9-26(24)21-34)29-20-31(33-30-13-7-6-12-28(29)30)25-16-14-23(15-17-25)22-36-27-10-2-1-3-11-27/h1-17,20H,18-19,21-22H2. The third-order valence-corrected chi connectivity index (χ3v) is 6.76. The van der Waals surface area contributed by atoms with E-state index in [-0.39, 0.29) is 5.91 Å². The zero-order chi connectivity index (χ0) is 24.3. The molecular weight excluding hydrogens is 444 g/mol. The minimum atomic E-state index is 0.0530. The van der Waals surface area contributed by atoms with Gasteiger partial charge in [-0.3, -0.25) is 4.79 Å². The van der Waals surface area contributed by atoms with Gasteiger partial charge in [0.2, 0.25) is 0 Å². The van der Waals surface area contributed by atoms with Crippen LogP contribution in [0.5, 0.6) is 5.75 Å². The van der Waals surface area contributed by atoms with E-state index in [9.17, 15) is 4.79 Å². The van der Waals surface area contributed by atoms with Crippen molar-refractivity contribution in [1.29, 1.82) is 0 Å². The van der Waals surface area contributed by atoms with Crippen molar-refractivity contribution >= 4 is 16.8 Å². The van der Waals surface area contributed by atoms with Gasteiger partial charge < -0.3 is 9.64 Å². The number of hydrogen-bond acceptors (Lipinski definition) is 3. The summed E-state index contributed by atoms with van der Waals surface area (Å²) < 4.78 is 5.87. The highest BCUT2D eigenvalue weighted by Crippen LogP contribution is 2.28. The Bertz CT molecular complexity index is 1530. The molecule has 1 aromatic heterocycles. The zero-order valence-corrected chi connectivity index (χ0v) is 19.9. The van der Waals surface area contributed by atoms with E-state index in [4.69, 9.17) is 9.72 Å². The molecule has 4 aromatic carbocycles. The molecule has 0 unspecified atom stereocenters. The Kier molecular flexibility index (Phi) is 5.92. The smallest absolute Gasteiger partial charge is 0.254 e. The van der Waals surface area contributed by atoms with Crippen LogP contribution in [-0.4, -0.2) is 22.3 Å². The van der Waals surface area contributed by atoms with Crippen molar-refractivity contribution in [1.82, 2.24) is 9.88 Å². The maximum absolute atomic E-state index is 13.8. The molecule has 36 heavy (non-hydrogen) atoms. The Morgan fingerprint density at radius 2 is 1.53 bits per heavy atom. The molecule has 0 N–H and O–H groups in total. The molecule has 0 fully saturated rings. The second kappa shape index (κ2) is 9.67. The summed E-state index contributed by atoms with van der Waals surface area (Å²) in [4.78, 5) is 20.6. The number of carbonyl (C=O) groups excluding carboxylic acids is 1. The van der Waals surface area contributed by atoms with Gasteiger partial charge >= 0.3 is 0 Å². The van der Waals surface area contributed by atoms with Crippen molar-refractivity contribution in [3.05, 3.63) is 131 Å². The van der Waals surface area contributed by atoms with Crippen LogP contribution in [0.15, 0.2) is 109 Å². The molecule has 4 nitrogen and oxygen atoms in total. The van der Waals surface area contributed by atoms with Gasteiger partial charge in [-0.1, -0.05) is 84.9 Å². The van der Waals surface area contributed by atoms with Crippen molar-refractivity contribution in [3.63, 3.8) is 0 Å². The van der Waals surface area contributed by atoms with E-state index in [0.717, 1.165) is 46.4 Å². The fraction of sp³-hybridized carbons (Fsp3) is 0.125. The Labute approximate surface area is 210 Å². The molecule has 1 amide bonds. The van der Waals surface area contributed by atoms with Gasteiger partial charge in [0.15, 0.2) is 0 Å². The topological polar surface area (TPSA) is 42.4 Å². The van der Waals surface area contributed by atoms with Gasteiger partial charge in [-0.15, -0.1) is 0 Å². The lowest BCUT2D eigenvalue weighted by molar-refractivity contribution is 0.0736. The number of hydrogen-bond donors (Lipinski definition) is 0. The summed E-state index contributed by atoms with van der Waals surface area (Å²) in [5.74, 6) is 0.901. The molecule has 6 rings (SSSR count). The molecule has 2 heterocycles. The number of pyridine rings is 1. The number of aromatic nitrogens is 1. The van der Waals surface area contributed by atoms with Gasteiger partial charge in [-0.2, -0.15) is 0 Å². The van der Waals surface area contributed by atoms with Crippen LogP contribution in [0.1, 0.15) is 27.0 Å². The van der Waals surface area contributed by atoms with Gasteiger partial charge in [0.05, 0.1) is 16.8 Å². The molecule has 176 valence electrons. The van der Waals surface area contributed by atoms with Crippen molar-refractivity contribution < 1.29 is 9.53 Å². The maximum Gasteiger partial charge on any atom is 0.254 e. The highest BCUT2D eigenvalue weighted by molar-refractivity contribution is 6.07. The average Bonchev–Trinajstić information content (AvgIpc) is 2.95. The fourth-order valence-corrected chi connectivity index (χ4v) is 4.79. The van der Waals surface area contributed by atoms with Crippen molar-refractivity contribution in [2.75, 3.05) is 6.54 Å². The molecule has 1 aliphatic heterocycles. The molecule has 0 atom stereocenters. The maximum atomic E-state index is 13.8. The average molecular weight is 471 g/mol. The van der Waals surface area contributed by atoms with Crippen molar-refractivity contribution in [3.8, 4) is 17.0 Å². The van der Waals surface area contributed by atoms with Crippen LogP contribution in [0.25, 0.3) is 22.2 Å². The molecule has 5 aromatic rings. The summed E-state index contributed by atoms with van der Waals surface area (Å²) >= 11 is 0. The number of benzene rings is 4. The number of fused-ring (bicyclic) bond motifs is 2. The summed E-state index contributed by atoms with van der Waals surface area (Å²) in [6.07, 6.45) is 0.879. The molecular formula is C32H26N2O2. The van der Waals surface area contributed by atoms with E-state index in [1.165, 1.54) is 11.1 Å². The molecule has 0 saturated heterocycles. The fourth-order valence-electron chi connectivity index (χ4n) is 4.79. The second-order valence-corrected chi connectivity index (χ2v) is 9.12. The number of rotatable bonds is 5. The molecule has 0 spiro atoms. The van der Waals surface area contributed by atoms with Crippen molar-refractivity contribution in [2.45, 2.75) is 19.6 Å². The first kappa shape index (κ1) is 22.1. The van der Waals surface area contributed by atoms with Crippen LogP contribution in [0.4, 0.5) is 0 Å². The first-order valence-electron chi connectivity index (χ1n) is 12.3. The summed E-state index contributed by atoms with van der Waals surface area (Å²) in [5, 5.41) is 0.887. The zero-order valence-electron chi connectivity index (χ0n) is 19.9. The lowest BCUT2D eigenvalue weighted by Gasteiger charge is -2.29. The number of nitrogens with zero attached hydrogens (tertiary/aromatic N) is 2. The van der Waals surface area contributed by atoms with E-state index in [1.807, 2.05) is 83.8 Å². The molecule has 0 aliphatic carbocycles. The van der Waals surface area contributed by atoms with E-state index < -0.39 is 0 Å². The first-order chi connectivity index (χ1) is 17.7. The Balaban J connectivity index is 1.29. The highest BCUT2D eigenvalue weighted by atomic mass is 16.5. The Hall–Kier alpha value is -4.44. The van der Waals surface area contributed by atoms with Gasteiger partial charge in [0.1, 0.15) is 12.4 Å². The van der Waals surface area contributed by atoms with Crippen LogP contribution in [0.3, 0.4) is 0 Å². The lowest BCUT2D eigenvalue weighted by atomic mass is 9.98. The number of ether oxygens (including phenoxy) is 1. The molecule has 0 saturated carbocycles. The van der Waals surface area contributed by atoms with Crippen LogP contribution >= 0.6 is 0 Å². The lowest BCUT2D eigenvalue weighted by Crippen LogP contribution is -2.36. The van der Waals surface area contributed by atoms with Crippen LogP contribution in [0.2, 0.25) is 0 Å². The summed E-state index contributed by atoms with van der Waals surface area (Å²) in [5.41, 5.74) is 6.93. The summed E-state index contributed by atoms with van der Waals surface area (Å²) in [6.45, 7) is 1.85. The first-order valence-corrected chi connectivity index (χ1v) is 12.3. The summed E-state index contributed by atoms with van der Waals surface area (Å²) in [7, 11) is 0. The number of para-hydroxylation sites is 2. The second-order valence-electron chi connectivity index (χ2n) is 9.12. The largest absolute Gasteiger partial charge is 0.489 e. The van der Waals surface area contributed by atoms with Gasteiger partial charge in [0.25, 0.3) is 5.91 Å². The number of amides is 1. The number of carbonyl (C=O) groups is 1. The monoisotopic (exact) mass is 470 g/mol. The normalized spacial score (nSPS) is 12.8. The van der Waals surface area contributed by atoms with E-state index in [1.54, 1.807) is 0 Å². The third kappa shape index (κ3) is 4.46. The van der Waals surface area contributed by atoms with Gasteiger partial charge in [-0.05, 0) is 47.4 Å². The predicted octanol–water partition coefficient (Wildman–Crippen LogP) is 6.68. The van der Waals surface area contributed by atoms with Crippen LogP contribution in [-0.2, 0) is 19.6 Å². The van der Waals surface area contributed by atoms with Gasteiger partial charge in [0, 0.05) is 24.0 Å². The SMILES string of the molecule is O=C(c1cc(-c2ccc(COc3ccccc3)cc2)nc2ccccc12)N1CCc2ccccc2C1. The van der Waals surface area contributed by atoms with Gasteiger partial charge in [-0.25, -0.2) is 4.98 Å². The molecule has 0 radical (unpaired) electrons. The molecule has 0 bridgehead atoms. The molecule has 1 aliphatic rings. The predicted molar refractivity (Wildman–Crippen MR) is 143 cm³/mol. The minimum Gasteiger partial charge on any atom is -0.489 e. The van der Waals surface area contributed by atoms with Crippen molar-refractivity contribution in [2.24, 2.45) is 0 Å². The molecule has 4 heteroatoms. The van der Waals surface area contributed by atoms with Crippen LogP contribution in [0, 0.1) is 0 Å². The Morgan fingerprint density at radius 1 is 0.806 bits per heavy atom. The van der Waals surface area contributed by atoms with E-state index in [0.29, 0.717) is 18.7 Å².